The summed E-state index contributed by atoms with van der Waals surface area (Å²) < 4.78 is 5.37. The van der Waals surface area contributed by atoms with E-state index in [0.29, 0.717) is 19.5 Å². The van der Waals surface area contributed by atoms with Crippen LogP contribution in [0.25, 0.3) is 0 Å². The zero-order valence-corrected chi connectivity index (χ0v) is 14.5. The van der Waals surface area contributed by atoms with Crippen molar-refractivity contribution in [1.82, 2.24) is 4.90 Å². The molecule has 0 aliphatic heterocycles. The van der Waals surface area contributed by atoms with E-state index in [1.54, 1.807) is 7.11 Å². The highest BCUT2D eigenvalue weighted by Crippen LogP contribution is 2.38. The molecule has 0 saturated heterocycles. The first-order chi connectivity index (χ1) is 11.1. The van der Waals surface area contributed by atoms with Crippen LogP contribution in [0.2, 0.25) is 0 Å². The smallest absolute Gasteiger partial charge is 0.222 e. The maximum Gasteiger partial charge on any atom is 0.222 e. The Labute approximate surface area is 140 Å². The summed E-state index contributed by atoms with van der Waals surface area (Å²) in [4.78, 5) is 14.4. The van der Waals surface area contributed by atoms with Gasteiger partial charge in [-0.3, -0.25) is 4.79 Å². The Kier molecular flexibility index (Phi) is 6.46. The molecule has 1 aromatic rings. The van der Waals surface area contributed by atoms with Gasteiger partial charge in [0, 0.05) is 20.0 Å². The van der Waals surface area contributed by atoms with E-state index in [1.807, 2.05) is 30.1 Å². The minimum atomic E-state index is 0.0357. The number of rotatable bonds is 7. The molecular formula is C19H30N2O2. The van der Waals surface area contributed by atoms with Crippen molar-refractivity contribution in [3.05, 3.63) is 29.8 Å². The largest absolute Gasteiger partial charge is 0.496 e. The third-order valence-corrected chi connectivity index (χ3v) is 5.21. The topological polar surface area (TPSA) is 55.6 Å². The molecule has 1 aliphatic rings. The van der Waals surface area contributed by atoms with Gasteiger partial charge in [0.25, 0.3) is 0 Å². The lowest BCUT2D eigenvalue weighted by Gasteiger charge is -2.36. The number of benzene rings is 1. The van der Waals surface area contributed by atoms with Crippen molar-refractivity contribution in [1.29, 1.82) is 0 Å². The van der Waals surface area contributed by atoms with Crippen LogP contribution in [0, 0.1) is 5.41 Å². The van der Waals surface area contributed by atoms with Crippen molar-refractivity contribution < 1.29 is 9.53 Å². The van der Waals surface area contributed by atoms with E-state index in [2.05, 4.69) is 6.07 Å². The zero-order chi connectivity index (χ0) is 16.7. The Morgan fingerprint density at radius 1 is 1.26 bits per heavy atom. The average Bonchev–Trinajstić information content (AvgIpc) is 2.60. The van der Waals surface area contributed by atoms with E-state index in [1.165, 1.54) is 19.3 Å². The van der Waals surface area contributed by atoms with Gasteiger partial charge in [0.05, 0.1) is 7.11 Å². The summed E-state index contributed by atoms with van der Waals surface area (Å²) >= 11 is 0. The first kappa shape index (κ1) is 17.8. The van der Waals surface area contributed by atoms with Crippen molar-refractivity contribution in [3.8, 4) is 5.75 Å². The van der Waals surface area contributed by atoms with Crippen LogP contribution in [0.15, 0.2) is 24.3 Å². The van der Waals surface area contributed by atoms with Gasteiger partial charge in [0.2, 0.25) is 5.91 Å². The van der Waals surface area contributed by atoms with E-state index < -0.39 is 0 Å². The molecule has 0 bridgehead atoms. The molecule has 4 heteroatoms. The number of ether oxygens (including phenoxy) is 1. The second-order valence-electron chi connectivity index (χ2n) is 6.82. The first-order valence-corrected chi connectivity index (χ1v) is 8.66. The molecule has 0 spiro atoms. The summed E-state index contributed by atoms with van der Waals surface area (Å²) in [6.07, 6.45) is 7.27. The molecule has 1 amide bonds. The highest BCUT2D eigenvalue weighted by molar-refractivity contribution is 5.76. The number of para-hydroxylation sites is 1. The second kappa shape index (κ2) is 8.34. The summed E-state index contributed by atoms with van der Waals surface area (Å²) in [6.45, 7) is 1.33. The molecule has 0 radical (unpaired) electrons. The number of nitrogens with zero attached hydrogens (tertiary/aromatic N) is 1. The zero-order valence-electron chi connectivity index (χ0n) is 14.5. The monoisotopic (exact) mass is 318 g/mol. The summed E-state index contributed by atoms with van der Waals surface area (Å²) in [5.41, 5.74) is 7.18. The Morgan fingerprint density at radius 3 is 2.61 bits per heavy atom. The van der Waals surface area contributed by atoms with Gasteiger partial charge in [-0.2, -0.15) is 0 Å². The van der Waals surface area contributed by atoms with Crippen molar-refractivity contribution >= 4 is 5.91 Å². The summed E-state index contributed by atoms with van der Waals surface area (Å²) in [5.74, 6) is 1.10. The Bertz CT molecular complexity index is 510. The molecule has 1 aromatic carbocycles. The van der Waals surface area contributed by atoms with Crippen LogP contribution in [0.4, 0.5) is 0 Å². The fraction of sp³-hybridized carbons (Fsp3) is 0.632. The molecule has 0 unspecified atom stereocenters. The molecule has 1 fully saturated rings. The van der Waals surface area contributed by atoms with E-state index in [4.69, 9.17) is 10.5 Å². The standard InChI is InChI=1S/C19H30N2O2/c1-21(13-10-16-8-4-5-9-17(16)23-2)18(22)14-19(15-20)11-6-3-7-12-19/h4-5,8-9H,3,6-7,10-15,20H2,1-2H3. The van der Waals surface area contributed by atoms with Gasteiger partial charge in [-0.05, 0) is 42.9 Å². The minimum absolute atomic E-state index is 0.0357. The third-order valence-electron chi connectivity index (χ3n) is 5.21. The van der Waals surface area contributed by atoms with Crippen molar-refractivity contribution in [2.24, 2.45) is 11.1 Å². The second-order valence-corrected chi connectivity index (χ2v) is 6.82. The summed E-state index contributed by atoms with van der Waals surface area (Å²) in [5, 5.41) is 0. The highest BCUT2D eigenvalue weighted by Gasteiger charge is 2.33. The van der Waals surface area contributed by atoms with Crippen LogP contribution >= 0.6 is 0 Å². The number of methoxy groups -OCH3 is 1. The maximum absolute atomic E-state index is 12.6. The van der Waals surface area contributed by atoms with Gasteiger partial charge in [0.15, 0.2) is 0 Å². The number of nitrogens with two attached hydrogens (primary N) is 1. The number of hydrogen-bond donors (Lipinski definition) is 1. The molecule has 2 N–H and O–H groups in total. The van der Waals surface area contributed by atoms with Crippen LogP contribution < -0.4 is 10.5 Å². The van der Waals surface area contributed by atoms with Gasteiger partial charge in [0.1, 0.15) is 5.75 Å². The Morgan fingerprint density at radius 2 is 1.96 bits per heavy atom. The summed E-state index contributed by atoms with van der Waals surface area (Å²) in [7, 11) is 3.58. The van der Waals surface area contributed by atoms with Gasteiger partial charge in [-0.25, -0.2) is 0 Å². The van der Waals surface area contributed by atoms with Gasteiger partial charge >= 0.3 is 0 Å². The SMILES string of the molecule is COc1ccccc1CCN(C)C(=O)CC1(CN)CCCCC1. The van der Waals surface area contributed by atoms with Crippen molar-refractivity contribution in [3.63, 3.8) is 0 Å². The predicted octanol–water partition coefficient (Wildman–Crippen LogP) is 3.00. The number of amides is 1. The fourth-order valence-corrected chi connectivity index (χ4v) is 3.53. The molecule has 23 heavy (non-hydrogen) atoms. The lowest BCUT2D eigenvalue weighted by atomic mass is 9.71. The van der Waals surface area contributed by atoms with E-state index >= 15 is 0 Å². The molecule has 2 rings (SSSR count). The predicted molar refractivity (Wildman–Crippen MR) is 93.5 cm³/mol. The van der Waals surface area contributed by atoms with Crippen molar-refractivity contribution in [2.45, 2.75) is 44.9 Å². The Balaban J connectivity index is 1.89. The highest BCUT2D eigenvalue weighted by atomic mass is 16.5. The fourth-order valence-electron chi connectivity index (χ4n) is 3.53. The lowest BCUT2D eigenvalue weighted by molar-refractivity contribution is -0.132. The van der Waals surface area contributed by atoms with E-state index in [9.17, 15) is 4.79 Å². The Hall–Kier alpha value is -1.55. The number of hydrogen-bond acceptors (Lipinski definition) is 3. The quantitative estimate of drug-likeness (QED) is 0.841. The minimum Gasteiger partial charge on any atom is -0.496 e. The molecule has 0 atom stereocenters. The molecule has 128 valence electrons. The molecule has 0 aromatic heterocycles. The van der Waals surface area contributed by atoms with Gasteiger partial charge < -0.3 is 15.4 Å². The van der Waals surface area contributed by atoms with E-state index in [0.717, 1.165) is 30.6 Å². The number of carbonyl (C=O) groups excluding carboxylic acids is 1. The molecule has 4 nitrogen and oxygen atoms in total. The molecule has 1 aliphatic carbocycles. The van der Waals surface area contributed by atoms with Crippen LogP contribution in [0.3, 0.4) is 0 Å². The van der Waals surface area contributed by atoms with Crippen LogP contribution in [-0.2, 0) is 11.2 Å². The van der Waals surface area contributed by atoms with Crippen LogP contribution in [0.5, 0.6) is 5.75 Å². The lowest BCUT2D eigenvalue weighted by Crippen LogP contribution is -2.39. The normalized spacial score (nSPS) is 16.8. The van der Waals surface area contributed by atoms with Crippen LogP contribution in [-0.4, -0.2) is 38.1 Å². The van der Waals surface area contributed by atoms with E-state index in [-0.39, 0.29) is 11.3 Å². The first-order valence-electron chi connectivity index (χ1n) is 8.66. The number of carbonyl (C=O) groups is 1. The van der Waals surface area contributed by atoms with Gasteiger partial charge in [-0.15, -0.1) is 0 Å². The molecule has 1 saturated carbocycles. The van der Waals surface area contributed by atoms with Crippen molar-refractivity contribution in [2.75, 3.05) is 27.2 Å². The molecule has 0 heterocycles. The maximum atomic E-state index is 12.6. The van der Waals surface area contributed by atoms with Crippen LogP contribution in [0.1, 0.15) is 44.1 Å². The third kappa shape index (κ3) is 4.71. The summed E-state index contributed by atoms with van der Waals surface area (Å²) in [6, 6.07) is 7.98. The average molecular weight is 318 g/mol. The molecular weight excluding hydrogens is 288 g/mol. The number of likely N-dealkylation sites (N-methyl/N-ethyl adjacent to an activating group) is 1. The van der Waals surface area contributed by atoms with Gasteiger partial charge in [-0.1, -0.05) is 37.5 Å².